The number of nitrogens with zero attached hydrogens (tertiary/aromatic N) is 2. The minimum atomic E-state index is -0.192. The number of alkyl halides is 1. The summed E-state index contributed by atoms with van der Waals surface area (Å²) in [4.78, 5) is 18.2. The average molecular weight is 622 g/mol. The Hall–Kier alpha value is -1.99. The Labute approximate surface area is 246 Å². The fourth-order valence-corrected chi connectivity index (χ4v) is 5.05. The molecule has 1 amide bonds. The molecular weight excluding hydrogens is 583 g/mol. The predicted octanol–water partition coefficient (Wildman–Crippen LogP) is 7.67. The van der Waals surface area contributed by atoms with Gasteiger partial charge in [0.25, 0.3) is 0 Å². The summed E-state index contributed by atoms with van der Waals surface area (Å²) in [7, 11) is 0. The molecule has 2 unspecified atom stereocenters. The van der Waals surface area contributed by atoms with E-state index in [4.69, 9.17) is 23.2 Å². The van der Waals surface area contributed by atoms with Crippen LogP contribution >= 0.6 is 39.1 Å². The van der Waals surface area contributed by atoms with Crippen LogP contribution in [0.1, 0.15) is 73.4 Å². The highest BCUT2D eigenvalue weighted by molar-refractivity contribution is 9.10. The Morgan fingerprint density at radius 2 is 1.92 bits per heavy atom. The van der Waals surface area contributed by atoms with Gasteiger partial charge in [-0.25, -0.2) is 0 Å². The summed E-state index contributed by atoms with van der Waals surface area (Å²) in [6.45, 7) is 9.58. The maximum Gasteiger partial charge on any atom is 0.207 e. The van der Waals surface area contributed by atoms with Crippen LogP contribution in [0.3, 0.4) is 0 Å². The van der Waals surface area contributed by atoms with Gasteiger partial charge < -0.3 is 10.6 Å². The highest BCUT2D eigenvalue weighted by Gasteiger charge is 2.23. The molecule has 0 bridgehead atoms. The Balaban J connectivity index is 0.000000213. The van der Waals surface area contributed by atoms with Crippen molar-refractivity contribution >= 4 is 45.5 Å². The Morgan fingerprint density at radius 1 is 1.16 bits per heavy atom. The molecule has 1 aromatic carbocycles. The Morgan fingerprint density at radius 3 is 2.53 bits per heavy atom. The van der Waals surface area contributed by atoms with E-state index in [-0.39, 0.29) is 5.38 Å². The summed E-state index contributed by atoms with van der Waals surface area (Å²) in [6.07, 6.45) is 11.8. The summed E-state index contributed by atoms with van der Waals surface area (Å²) in [5, 5.41) is 6.45. The molecule has 38 heavy (non-hydrogen) atoms. The number of carbonyl (C=O) groups is 1. The number of benzene rings is 1. The van der Waals surface area contributed by atoms with Gasteiger partial charge in [0.15, 0.2) is 0 Å². The number of pyridine rings is 2. The van der Waals surface area contributed by atoms with Crippen LogP contribution in [0.2, 0.25) is 5.02 Å². The zero-order valence-electron chi connectivity index (χ0n) is 22.5. The predicted molar refractivity (Wildman–Crippen MR) is 163 cm³/mol. The lowest BCUT2D eigenvalue weighted by atomic mass is 10.0. The molecule has 206 valence electrons. The second-order valence-electron chi connectivity index (χ2n) is 9.42. The van der Waals surface area contributed by atoms with Crippen molar-refractivity contribution < 1.29 is 4.79 Å². The van der Waals surface area contributed by atoms with E-state index >= 15 is 0 Å². The molecule has 3 aromatic rings. The van der Waals surface area contributed by atoms with Crippen molar-refractivity contribution in [3.05, 3.63) is 92.4 Å². The van der Waals surface area contributed by atoms with Crippen molar-refractivity contribution in [2.75, 3.05) is 13.1 Å². The van der Waals surface area contributed by atoms with E-state index < -0.39 is 0 Å². The maximum absolute atomic E-state index is 9.85. The molecule has 3 heterocycles. The van der Waals surface area contributed by atoms with Gasteiger partial charge in [0, 0.05) is 34.6 Å². The molecular formula is C30H39BrCl2N4O. The van der Waals surface area contributed by atoms with Gasteiger partial charge in [-0.2, -0.15) is 0 Å². The second kappa shape index (κ2) is 18.3. The number of hydrogen-bond donors (Lipinski definition) is 2. The van der Waals surface area contributed by atoms with E-state index in [0.29, 0.717) is 13.0 Å². The number of aromatic nitrogens is 2. The molecule has 5 nitrogen and oxygen atoms in total. The molecule has 2 atom stereocenters. The number of aryl methyl sites for hydroxylation is 2. The van der Waals surface area contributed by atoms with Crippen LogP contribution in [0.5, 0.6) is 0 Å². The van der Waals surface area contributed by atoms with Crippen molar-refractivity contribution in [3.63, 3.8) is 0 Å². The molecule has 0 saturated carbocycles. The molecule has 1 saturated heterocycles. The maximum atomic E-state index is 9.85. The highest BCUT2D eigenvalue weighted by atomic mass is 79.9. The first-order valence-corrected chi connectivity index (χ1v) is 14.8. The SMILES string of the molecule is CC1CCCNC1.CCC.Clc1ccc2c(c1)CCc1cc(Br)cnc1C2Cl.O=CNCc1cccnc1. The lowest BCUT2D eigenvalue weighted by Gasteiger charge is -2.17. The molecule has 1 aliphatic heterocycles. The zero-order valence-corrected chi connectivity index (χ0v) is 25.6. The van der Waals surface area contributed by atoms with Crippen molar-refractivity contribution in [1.29, 1.82) is 0 Å². The fourth-order valence-electron chi connectivity index (χ4n) is 4.06. The van der Waals surface area contributed by atoms with E-state index in [1.807, 2.05) is 30.3 Å². The van der Waals surface area contributed by atoms with Crippen molar-refractivity contribution in [3.8, 4) is 0 Å². The molecule has 2 aromatic heterocycles. The molecule has 0 spiro atoms. The fraction of sp³-hybridized carbons (Fsp3) is 0.433. The van der Waals surface area contributed by atoms with Gasteiger partial charge >= 0.3 is 0 Å². The van der Waals surface area contributed by atoms with E-state index in [1.165, 1.54) is 43.5 Å². The summed E-state index contributed by atoms with van der Waals surface area (Å²) in [5.41, 5.74) is 5.51. The van der Waals surface area contributed by atoms with Crippen LogP contribution in [0.25, 0.3) is 0 Å². The lowest BCUT2D eigenvalue weighted by molar-refractivity contribution is -0.109. The monoisotopic (exact) mass is 620 g/mol. The van der Waals surface area contributed by atoms with Crippen LogP contribution in [-0.2, 0) is 24.2 Å². The zero-order chi connectivity index (χ0) is 27.8. The third-order valence-electron chi connectivity index (χ3n) is 5.91. The van der Waals surface area contributed by atoms with Crippen LogP contribution in [0.15, 0.2) is 59.5 Å². The van der Waals surface area contributed by atoms with Crippen molar-refractivity contribution in [2.45, 2.75) is 64.8 Å². The lowest BCUT2D eigenvalue weighted by Crippen LogP contribution is -2.27. The van der Waals surface area contributed by atoms with Gasteiger partial charge in [0.05, 0.1) is 5.69 Å². The first-order valence-electron chi connectivity index (χ1n) is 13.2. The van der Waals surface area contributed by atoms with E-state index in [2.05, 4.69) is 63.4 Å². The minimum absolute atomic E-state index is 0.192. The minimum Gasteiger partial charge on any atom is -0.355 e. The third-order valence-corrected chi connectivity index (χ3v) is 7.02. The highest BCUT2D eigenvalue weighted by Crippen LogP contribution is 2.37. The van der Waals surface area contributed by atoms with Gasteiger partial charge in [-0.1, -0.05) is 50.9 Å². The van der Waals surface area contributed by atoms with E-state index in [0.717, 1.165) is 45.1 Å². The van der Waals surface area contributed by atoms with E-state index in [9.17, 15) is 4.79 Å². The van der Waals surface area contributed by atoms with Crippen LogP contribution in [0, 0.1) is 5.92 Å². The number of piperidine rings is 1. The number of halogens is 3. The van der Waals surface area contributed by atoms with Gasteiger partial charge in [-0.15, -0.1) is 11.6 Å². The summed E-state index contributed by atoms with van der Waals surface area (Å²) in [5.74, 6) is 0.925. The molecule has 2 aliphatic rings. The van der Waals surface area contributed by atoms with Gasteiger partial charge in [0.2, 0.25) is 6.41 Å². The largest absolute Gasteiger partial charge is 0.355 e. The summed E-state index contributed by atoms with van der Waals surface area (Å²) >= 11 is 16.1. The standard InChI is InChI=1S/C14H10BrCl2N.C7H8N2O.C6H13N.C3H8/c15-10-5-9-2-1-8-6-11(16)3-4-12(8)13(17)14(9)18-7-10;10-6-9-5-7-2-1-3-8-4-7;1-6-3-2-4-7-5-6;1-3-2/h3-7,13H,1-2H2;1-4,6H,5H2,(H,9,10);6-7H,2-5H2,1H3;3H2,1-2H3. The molecule has 0 radical (unpaired) electrons. The van der Waals surface area contributed by atoms with Crippen LogP contribution in [-0.4, -0.2) is 29.5 Å². The number of nitrogens with one attached hydrogen (secondary N) is 2. The van der Waals surface area contributed by atoms with E-state index in [1.54, 1.807) is 18.6 Å². The number of hydrogen-bond acceptors (Lipinski definition) is 4. The first kappa shape index (κ1) is 32.2. The molecule has 1 aliphatic carbocycles. The van der Waals surface area contributed by atoms with Crippen LogP contribution in [0.4, 0.5) is 0 Å². The normalized spacial score (nSPS) is 17.3. The number of amides is 1. The topological polar surface area (TPSA) is 66.9 Å². The van der Waals surface area contributed by atoms with Gasteiger partial charge in [0.1, 0.15) is 5.38 Å². The number of fused-ring (bicyclic) bond motifs is 2. The average Bonchev–Trinajstić information content (AvgIpc) is 3.05. The smallest absolute Gasteiger partial charge is 0.207 e. The molecule has 5 rings (SSSR count). The molecule has 2 N–H and O–H groups in total. The molecule has 8 heteroatoms. The number of carbonyl (C=O) groups excluding carboxylic acids is 1. The van der Waals surface area contributed by atoms with Crippen molar-refractivity contribution in [1.82, 2.24) is 20.6 Å². The molecule has 1 fully saturated rings. The van der Waals surface area contributed by atoms with Crippen LogP contribution < -0.4 is 10.6 Å². The van der Waals surface area contributed by atoms with Gasteiger partial charge in [-0.05, 0) is 107 Å². The summed E-state index contributed by atoms with van der Waals surface area (Å²) in [6, 6.07) is 11.7. The Kier molecular flexibility index (Phi) is 15.5. The van der Waals surface area contributed by atoms with Gasteiger partial charge in [-0.3, -0.25) is 14.8 Å². The first-order chi connectivity index (χ1) is 18.4. The number of rotatable bonds is 3. The Bertz CT molecular complexity index is 1040. The summed E-state index contributed by atoms with van der Waals surface area (Å²) < 4.78 is 0.995. The second-order valence-corrected chi connectivity index (χ2v) is 11.2. The quantitative estimate of drug-likeness (QED) is 0.233. The van der Waals surface area contributed by atoms with Crippen molar-refractivity contribution in [2.24, 2.45) is 5.92 Å². The third kappa shape index (κ3) is 11.4.